The van der Waals surface area contributed by atoms with Crippen LogP contribution in [0.4, 0.5) is 0 Å². The molecule has 53 valence electrons. The molecule has 0 fully saturated rings. The number of pyridine rings is 1. The normalized spacial score (nSPS) is 9.80. The highest BCUT2D eigenvalue weighted by molar-refractivity contribution is 5.13. The van der Waals surface area contributed by atoms with E-state index in [2.05, 4.69) is 24.9 Å². The summed E-state index contributed by atoms with van der Waals surface area (Å²) < 4.78 is 0. The first-order valence-corrected chi connectivity index (χ1v) is 3.73. The third-order valence-corrected chi connectivity index (χ3v) is 1.53. The van der Waals surface area contributed by atoms with Crippen molar-refractivity contribution < 1.29 is 0 Å². The smallest absolute Gasteiger partial charge is 0.0482 e. The highest BCUT2D eigenvalue weighted by atomic mass is 14.7. The van der Waals surface area contributed by atoms with Crippen molar-refractivity contribution >= 4 is 0 Å². The average Bonchev–Trinajstić information content (AvgIpc) is 2.05. The molecule has 0 aliphatic carbocycles. The summed E-state index contributed by atoms with van der Waals surface area (Å²) in [6, 6.07) is 5.25. The van der Waals surface area contributed by atoms with Crippen LogP contribution in [-0.2, 0) is 12.8 Å². The lowest BCUT2D eigenvalue weighted by Gasteiger charge is -1.96. The fraction of sp³-hybridized carbons (Fsp3) is 0.444. The van der Waals surface area contributed by atoms with Crippen LogP contribution in [0, 0.1) is 6.07 Å². The summed E-state index contributed by atoms with van der Waals surface area (Å²) in [6.45, 7) is 4.23. The lowest BCUT2D eigenvalue weighted by Crippen LogP contribution is -1.89. The molecule has 0 aliphatic heterocycles. The number of hydrogen-bond acceptors (Lipinski definition) is 1. The fourth-order valence-corrected chi connectivity index (χ4v) is 0.862. The van der Waals surface area contributed by atoms with Gasteiger partial charge in [0, 0.05) is 18.0 Å². The standard InChI is InChI=1S/C9H12N/c1-3-8-5-6-10-9(4-2)7-8/h5-6H,3-4H2,1-2H3. The average molecular weight is 134 g/mol. The molecule has 1 rings (SSSR count). The quantitative estimate of drug-likeness (QED) is 0.603. The Morgan fingerprint density at radius 1 is 1.40 bits per heavy atom. The Hall–Kier alpha value is -0.850. The molecule has 0 bridgehead atoms. The van der Waals surface area contributed by atoms with E-state index in [9.17, 15) is 0 Å². The summed E-state index contributed by atoms with van der Waals surface area (Å²) in [5.41, 5.74) is 2.33. The minimum Gasteiger partial charge on any atom is -0.261 e. The van der Waals surface area contributed by atoms with E-state index in [1.165, 1.54) is 5.56 Å². The lowest BCUT2D eigenvalue weighted by molar-refractivity contribution is 1.000. The van der Waals surface area contributed by atoms with Gasteiger partial charge in [-0.2, -0.15) is 0 Å². The van der Waals surface area contributed by atoms with Crippen LogP contribution in [0.5, 0.6) is 0 Å². The monoisotopic (exact) mass is 134 g/mol. The first kappa shape index (κ1) is 7.26. The van der Waals surface area contributed by atoms with Gasteiger partial charge in [0.05, 0.1) is 0 Å². The Kier molecular flexibility index (Phi) is 2.43. The van der Waals surface area contributed by atoms with Crippen molar-refractivity contribution in [3.05, 3.63) is 29.6 Å². The maximum Gasteiger partial charge on any atom is 0.0482 e. The number of aryl methyl sites for hydroxylation is 2. The van der Waals surface area contributed by atoms with Crippen LogP contribution < -0.4 is 0 Å². The molecule has 0 aliphatic rings. The molecule has 1 nitrogen and oxygen atoms in total. The van der Waals surface area contributed by atoms with Crippen LogP contribution in [0.25, 0.3) is 0 Å². The minimum absolute atomic E-state index is 0.980. The third-order valence-electron chi connectivity index (χ3n) is 1.53. The van der Waals surface area contributed by atoms with E-state index < -0.39 is 0 Å². The van der Waals surface area contributed by atoms with Crippen LogP contribution >= 0.6 is 0 Å². The second-order valence-electron chi connectivity index (χ2n) is 2.25. The minimum atomic E-state index is 0.980. The van der Waals surface area contributed by atoms with E-state index in [1.54, 1.807) is 0 Å². The number of nitrogens with zero attached hydrogens (tertiary/aromatic N) is 1. The molecule has 0 saturated carbocycles. The van der Waals surface area contributed by atoms with Crippen molar-refractivity contribution in [1.82, 2.24) is 4.98 Å². The molecular weight excluding hydrogens is 122 g/mol. The Balaban J connectivity index is 2.87. The van der Waals surface area contributed by atoms with E-state index in [0.29, 0.717) is 0 Å². The molecule has 10 heavy (non-hydrogen) atoms. The molecule has 1 heterocycles. The van der Waals surface area contributed by atoms with Gasteiger partial charge in [0.2, 0.25) is 0 Å². The zero-order valence-electron chi connectivity index (χ0n) is 6.52. The number of hydrogen-bond donors (Lipinski definition) is 0. The fourth-order valence-electron chi connectivity index (χ4n) is 0.862. The molecule has 1 aromatic heterocycles. The lowest BCUT2D eigenvalue weighted by atomic mass is 10.1. The van der Waals surface area contributed by atoms with Gasteiger partial charge in [0.15, 0.2) is 0 Å². The molecule has 0 aromatic carbocycles. The number of aromatic nitrogens is 1. The van der Waals surface area contributed by atoms with Crippen LogP contribution in [-0.4, -0.2) is 4.98 Å². The van der Waals surface area contributed by atoms with Gasteiger partial charge in [0.25, 0.3) is 0 Å². The van der Waals surface area contributed by atoms with Gasteiger partial charge in [-0.25, -0.2) is 0 Å². The van der Waals surface area contributed by atoms with Gasteiger partial charge in [-0.15, -0.1) is 0 Å². The van der Waals surface area contributed by atoms with Gasteiger partial charge in [-0.05, 0) is 24.5 Å². The van der Waals surface area contributed by atoms with Gasteiger partial charge in [0.1, 0.15) is 0 Å². The van der Waals surface area contributed by atoms with Crippen molar-refractivity contribution in [2.24, 2.45) is 0 Å². The molecular formula is C9H12N. The van der Waals surface area contributed by atoms with Crippen LogP contribution in [0.15, 0.2) is 12.3 Å². The maximum atomic E-state index is 4.15. The number of rotatable bonds is 2. The van der Waals surface area contributed by atoms with E-state index in [4.69, 9.17) is 0 Å². The largest absolute Gasteiger partial charge is 0.261 e. The van der Waals surface area contributed by atoms with Crippen LogP contribution in [0.3, 0.4) is 0 Å². The van der Waals surface area contributed by atoms with Crippen molar-refractivity contribution in [2.45, 2.75) is 26.7 Å². The Bertz CT molecular complexity index is 186. The van der Waals surface area contributed by atoms with E-state index in [1.807, 2.05) is 12.3 Å². The van der Waals surface area contributed by atoms with E-state index in [0.717, 1.165) is 18.5 Å². The molecule has 0 N–H and O–H groups in total. The van der Waals surface area contributed by atoms with Gasteiger partial charge in [-0.3, -0.25) is 4.98 Å². The first-order valence-electron chi connectivity index (χ1n) is 3.73. The summed E-state index contributed by atoms with van der Waals surface area (Å²) in [5, 5.41) is 0. The zero-order valence-corrected chi connectivity index (χ0v) is 6.52. The highest BCUT2D eigenvalue weighted by Crippen LogP contribution is 2.00. The Morgan fingerprint density at radius 2 is 2.20 bits per heavy atom. The molecule has 0 atom stereocenters. The van der Waals surface area contributed by atoms with E-state index >= 15 is 0 Å². The van der Waals surface area contributed by atoms with Crippen molar-refractivity contribution in [1.29, 1.82) is 0 Å². The molecule has 1 aromatic rings. The SMILES string of the molecule is CCc1[c]c(CC)ncc1. The van der Waals surface area contributed by atoms with Crippen LogP contribution in [0.1, 0.15) is 25.1 Å². The zero-order chi connectivity index (χ0) is 7.40. The van der Waals surface area contributed by atoms with Crippen molar-refractivity contribution in [2.75, 3.05) is 0 Å². The second-order valence-corrected chi connectivity index (χ2v) is 2.25. The van der Waals surface area contributed by atoms with Crippen molar-refractivity contribution in [3.8, 4) is 0 Å². The Morgan fingerprint density at radius 3 is 2.80 bits per heavy atom. The summed E-state index contributed by atoms with van der Waals surface area (Å²) in [7, 11) is 0. The van der Waals surface area contributed by atoms with E-state index in [-0.39, 0.29) is 0 Å². The molecule has 0 unspecified atom stereocenters. The summed E-state index contributed by atoms with van der Waals surface area (Å²) in [5.74, 6) is 0. The second kappa shape index (κ2) is 3.35. The maximum absolute atomic E-state index is 4.15. The summed E-state index contributed by atoms with van der Waals surface area (Å²) >= 11 is 0. The van der Waals surface area contributed by atoms with Crippen molar-refractivity contribution in [3.63, 3.8) is 0 Å². The topological polar surface area (TPSA) is 12.9 Å². The van der Waals surface area contributed by atoms with Gasteiger partial charge >= 0.3 is 0 Å². The summed E-state index contributed by atoms with van der Waals surface area (Å²) in [6.07, 6.45) is 3.89. The predicted octanol–water partition coefficient (Wildman–Crippen LogP) is 2.01. The first-order chi connectivity index (χ1) is 4.86. The highest BCUT2D eigenvalue weighted by Gasteiger charge is 1.91. The molecule has 1 radical (unpaired) electrons. The molecule has 1 heteroatoms. The molecule has 0 amide bonds. The molecule has 0 spiro atoms. The predicted molar refractivity (Wildman–Crippen MR) is 41.8 cm³/mol. The summed E-state index contributed by atoms with van der Waals surface area (Å²) in [4.78, 5) is 4.15. The van der Waals surface area contributed by atoms with Gasteiger partial charge in [-0.1, -0.05) is 13.8 Å². The van der Waals surface area contributed by atoms with Crippen LogP contribution in [0.2, 0.25) is 0 Å². The molecule has 0 saturated heterocycles. The van der Waals surface area contributed by atoms with Gasteiger partial charge < -0.3 is 0 Å². The third kappa shape index (κ3) is 1.56. The Labute approximate surface area is 62.1 Å².